The molecule has 4 rings (SSSR count). The predicted octanol–water partition coefficient (Wildman–Crippen LogP) is 2.30. The van der Waals surface area contributed by atoms with Gasteiger partial charge in [0, 0.05) is 19.4 Å². The third-order valence-corrected chi connectivity index (χ3v) is 4.49. The zero-order valence-corrected chi connectivity index (χ0v) is 15.6. The zero-order valence-electron chi connectivity index (χ0n) is 15.6. The predicted molar refractivity (Wildman–Crippen MR) is 104 cm³/mol. The summed E-state index contributed by atoms with van der Waals surface area (Å²) in [7, 11) is 1.83. The molecule has 8 heteroatoms. The minimum absolute atomic E-state index is 0.179. The lowest BCUT2D eigenvalue weighted by atomic mass is 10.2. The van der Waals surface area contributed by atoms with Crippen LogP contribution in [-0.4, -0.2) is 35.4 Å². The van der Waals surface area contributed by atoms with E-state index in [2.05, 4.69) is 25.5 Å². The molecule has 0 radical (unpaired) electrons. The second-order valence-electron chi connectivity index (χ2n) is 6.31. The van der Waals surface area contributed by atoms with Crippen molar-refractivity contribution < 1.29 is 4.79 Å². The van der Waals surface area contributed by atoms with Crippen molar-refractivity contribution in [1.82, 2.24) is 34.8 Å². The number of benzene rings is 1. The number of hydrogen-bond acceptors (Lipinski definition) is 5. The molecule has 0 saturated carbocycles. The summed E-state index contributed by atoms with van der Waals surface area (Å²) in [5.74, 6) is -0.179. The maximum absolute atomic E-state index is 12.7. The van der Waals surface area contributed by atoms with Gasteiger partial charge in [0.15, 0.2) is 0 Å². The molecule has 0 spiro atoms. The van der Waals surface area contributed by atoms with Crippen molar-refractivity contribution in [3.05, 3.63) is 78.1 Å². The average molecular weight is 373 g/mol. The number of carbonyl (C=O) groups excluding carboxylic acids is 1. The number of nitrogens with zero attached hydrogens (tertiary/aromatic N) is 6. The molecule has 1 N–H and O–H groups in total. The van der Waals surface area contributed by atoms with E-state index in [0.29, 0.717) is 23.5 Å². The summed E-state index contributed by atoms with van der Waals surface area (Å²) in [6, 6.07) is 11.6. The standard InChI is InChI=1S/C20H19N7O/c1-14-17(12-24-27(14)15-6-4-3-5-7-15)20(28)23-11-16-10-18(25-26(16)2)19-13-21-8-9-22-19/h3-10,12-13H,11H2,1-2H3,(H,23,28). The molecule has 140 valence electrons. The summed E-state index contributed by atoms with van der Waals surface area (Å²) in [5, 5.41) is 11.7. The number of carbonyl (C=O) groups is 1. The van der Waals surface area contributed by atoms with Gasteiger partial charge >= 0.3 is 0 Å². The first kappa shape index (κ1) is 17.6. The van der Waals surface area contributed by atoms with Crippen LogP contribution < -0.4 is 5.32 Å². The van der Waals surface area contributed by atoms with Gasteiger partial charge in [0.05, 0.1) is 41.6 Å². The van der Waals surface area contributed by atoms with Crippen LogP contribution in [0.25, 0.3) is 17.1 Å². The van der Waals surface area contributed by atoms with E-state index in [9.17, 15) is 4.79 Å². The molecule has 0 aliphatic rings. The van der Waals surface area contributed by atoms with Crippen molar-refractivity contribution in [2.75, 3.05) is 0 Å². The molecule has 0 saturated heterocycles. The van der Waals surface area contributed by atoms with Crippen molar-refractivity contribution in [2.24, 2.45) is 7.05 Å². The number of hydrogen-bond donors (Lipinski definition) is 1. The van der Waals surface area contributed by atoms with Crippen LogP contribution in [-0.2, 0) is 13.6 Å². The van der Waals surface area contributed by atoms with E-state index < -0.39 is 0 Å². The fraction of sp³-hybridized carbons (Fsp3) is 0.150. The molecule has 8 nitrogen and oxygen atoms in total. The van der Waals surface area contributed by atoms with E-state index in [1.54, 1.807) is 34.2 Å². The van der Waals surface area contributed by atoms with Gasteiger partial charge in [-0.25, -0.2) is 4.68 Å². The molecule has 0 fully saturated rings. The lowest BCUT2D eigenvalue weighted by molar-refractivity contribution is 0.0949. The van der Waals surface area contributed by atoms with Crippen LogP contribution in [0.2, 0.25) is 0 Å². The van der Waals surface area contributed by atoms with Crippen LogP contribution in [0.5, 0.6) is 0 Å². The Balaban J connectivity index is 1.48. The first-order valence-corrected chi connectivity index (χ1v) is 8.81. The highest BCUT2D eigenvalue weighted by Crippen LogP contribution is 2.16. The van der Waals surface area contributed by atoms with Crippen molar-refractivity contribution >= 4 is 5.91 Å². The maximum atomic E-state index is 12.7. The minimum atomic E-state index is -0.179. The Labute approximate surface area is 161 Å². The quantitative estimate of drug-likeness (QED) is 0.580. The molecule has 4 aromatic rings. The van der Waals surface area contributed by atoms with E-state index in [1.165, 1.54) is 0 Å². The third-order valence-electron chi connectivity index (χ3n) is 4.49. The average Bonchev–Trinajstić information content (AvgIpc) is 3.30. The van der Waals surface area contributed by atoms with Crippen molar-refractivity contribution in [3.8, 4) is 17.1 Å². The normalized spacial score (nSPS) is 10.8. The Morgan fingerprint density at radius 3 is 2.68 bits per heavy atom. The number of aromatic nitrogens is 6. The van der Waals surface area contributed by atoms with E-state index in [1.807, 2.05) is 50.4 Å². The fourth-order valence-corrected chi connectivity index (χ4v) is 2.96. The van der Waals surface area contributed by atoms with Gasteiger partial charge in [-0.15, -0.1) is 0 Å². The first-order chi connectivity index (χ1) is 13.6. The highest BCUT2D eigenvalue weighted by atomic mass is 16.1. The Morgan fingerprint density at radius 1 is 1.11 bits per heavy atom. The van der Waals surface area contributed by atoms with Gasteiger partial charge in [0.2, 0.25) is 0 Å². The Hall–Kier alpha value is -3.81. The molecule has 0 unspecified atom stereocenters. The Kier molecular flexibility index (Phi) is 4.67. The number of rotatable bonds is 5. The number of amides is 1. The van der Waals surface area contributed by atoms with E-state index in [-0.39, 0.29) is 5.91 Å². The molecule has 0 aliphatic heterocycles. The molecular weight excluding hydrogens is 354 g/mol. The van der Waals surface area contributed by atoms with Gasteiger partial charge in [0.25, 0.3) is 5.91 Å². The summed E-state index contributed by atoms with van der Waals surface area (Å²) in [5.41, 5.74) is 4.51. The SMILES string of the molecule is Cc1c(C(=O)NCc2cc(-c3cnccn3)nn2C)cnn1-c1ccccc1. The molecular formula is C20H19N7O. The molecule has 0 aliphatic carbocycles. The monoisotopic (exact) mass is 373 g/mol. The number of nitrogens with one attached hydrogen (secondary N) is 1. The molecule has 3 aromatic heterocycles. The summed E-state index contributed by atoms with van der Waals surface area (Å²) in [6.07, 6.45) is 6.49. The molecule has 0 atom stereocenters. The zero-order chi connectivity index (χ0) is 19.5. The molecule has 3 heterocycles. The van der Waals surface area contributed by atoms with Crippen LogP contribution >= 0.6 is 0 Å². The minimum Gasteiger partial charge on any atom is -0.346 e. The summed E-state index contributed by atoms with van der Waals surface area (Å²) in [6.45, 7) is 2.23. The van der Waals surface area contributed by atoms with Crippen LogP contribution in [0.15, 0.2) is 61.2 Å². The number of aryl methyl sites for hydroxylation is 1. The fourth-order valence-electron chi connectivity index (χ4n) is 2.96. The van der Waals surface area contributed by atoms with Gasteiger partial charge in [-0.3, -0.25) is 19.4 Å². The highest BCUT2D eigenvalue weighted by Gasteiger charge is 2.16. The molecule has 1 amide bonds. The molecule has 1 aromatic carbocycles. The van der Waals surface area contributed by atoms with Crippen LogP contribution in [0, 0.1) is 6.92 Å². The lowest BCUT2D eigenvalue weighted by Gasteiger charge is -2.07. The van der Waals surface area contributed by atoms with Crippen LogP contribution in [0.4, 0.5) is 0 Å². The van der Waals surface area contributed by atoms with Crippen LogP contribution in [0.1, 0.15) is 21.7 Å². The van der Waals surface area contributed by atoms with Crippen molar-refractivity contribution in [3.63, 3.8) is 0 Å². The highest BCUT2D eigenvalue weighted by molar-refractivity contribution is 5.95. The largest absolute Gasteiger partial charge is 0.346 e. The molecule has 0 bridgehead atoms. The summed E-state index contributed by atoms with van der Waals surface area (Å²) < 4.78 is 3.48. The first-order valence-electron chi connectivity index (χ1n) is 8.81. The smallest absolute Gasteiger partial charge is 0.255 e. The second kappa shape index (κ2) is 7.43. The lowest BCUT2D eigenvalue weighted by Crippen LogP contribution is -2.24. The van der Waals surface area contributed by atoms with E-state index in [0.717, 1.165) is 17.1 Å². The van der Waals surface area contributed by atoms with E-state index in [4.69, 9.17) is 0 Å². The van der Waals surface area contributed by atoms with Crippen LogP contribution in [0.3, 0.4) is 0 Å². The van der Waals surface area contributed by atoms with Crippen molar-refractivity contribution in [2.45, 2.75) is 13.5 Å². The Bertz CT molecular complexity index is 1100. The van der Waals surface area contributed by atoms with Gasteiger partial charge in [-0.05, 0) is 25.1 Å². The van der Waals surface area contributed by atoms with E-state index >= 15 is 0 Å². The summed E-state index contributed by atoms with van der Waals surface area (Å²) in [4.78, 5) is 21.0. The van der Waals surface area contributed by atoms with Crippen molar-refractivity contribution in [1.29, 1.82) is 0 Å². The van der Waals surface area contributed by atoms with Gasteiger partial charge < -0.3 is 5.32 Å². The van der Waals surface area contributed by atoms with Gasteiger partial charge in [-0.1, -0.05) is 18.2 Å². The molecule has 28 heavy (non-hydrogen) atoms. The second-order valence-corrected chi connectivity index (χ2v) is 6.31. The summed E-state index contributed by atoms with van der Waals surface area (Å²) >= 11 is 0. The maximum Gasteiger partial charge on any atom is 0.255 e. The Morgan fingerprint density at radius 2 is 1.93 bits per heavy atom. The van der Waals surface area contributed by atoms with Gasteiger partial charge in [-0.2, -0.15) is 10.2 Å². The van der Waals surface area contributed by atoms with Gasteiger partial charge in [0.1, 0.15) is 11.4 Å². The number of para-hydroxylation sites is 1. The third kappa shape index (κ3) is 3.39. The topological polar surface area (TPSA) is 90.5 Å².